The Morgan fingerprint density at radius 2 is 1.62 bits per heavy atom. The van der Waals surface area contributed by atoms with E-state index >= 15 is 0 Å². The van der Waals surface area contributed by atoms with Gasteiger partial charge in [-0.1, -0.05) is 17.7 Å². The lowest BCUT2D eigenvalue weighted by Crippen LogP contribution is -2.42. The van der Waals surface area contributed by atoms with Crippen molar-refractivity contribution in [2.24, 2.45) is 0 Å². The van der Waals surface area contributed by atoms with Crippen LogP contribution in [0.3, 0.4) is 0 Å². The third kappa shape index (κ3) is 3.58. The monoisotopic (exact) mass is 307 g/mol. The third-order valence-electron chi connectivity index (χ3n) is 2.83. The molecule has 0 aliphatic carbocycles. The van der Waals surface area contributed by atoms with E-state index in [-0.39, 0.29) is 5.57 Å². The molecule has 1 aromatic rings. The van der Waals surface area contributed by atoms with Crippen LogP contribution in [-0.2, 0) is 19.1 Å². The van der Waals surface area contributed by atoms with E-state index in [0.29, 0.717) is 5.03 Å². The molecule has 6 heteroatoms. The van der Waals surface area contributed by atoms with Crippen molar-refractivity contribution >= 4 is 29.4 Å². The zero-order valence-corrected chi connectivity index (χ0v) is 13.2. The molecule has 1 aliphatic heterocycles. The van der Waals surface area contributed by atoms with Crippen LogP contribution < -0.4 is 5.32 Å². The van der Waals surface area contributed by atoms with Crippen LogP contribution in [0, 0.1) is 6.92 Å². The van der Waals surface area contributed by atoms with Gasteiger partial charge in [0.1, 0.15) is 0 Å². The Hall–Kier alpha value is -1.95. The van der Waals surface area contributed by atoms with E-state index in [1.54, 1.807) is 6.26 Å². The van der Waals surface area contributed by atoms with Crippen molar-refractivity contribution < 1.29 is 19.1 Å². The minimum atomic E-state index is -1.23. The quantitative estimate of drug-likeness (QED) is 0.526. The summed E-state index contributed by atoms with van der Waals surface area (Å²) in [5.41, 5.74) is 1.79. The van der Waals surface area contributed by atoms with E-state index in [4.69, 9.17) is 9.47 Å². The van der Waals surface area contributed by atoms with Gasteiger partial charge in [0.15, 0.2) is 5.57 Å². The van der Waals surface area contributed by atoms with Crippen LogP contribution in [-0.4, -0.2) is 24.0 Å². The van der Waals surface area contributed by atoms with Gasteiger partial charge in [-0.3, -0.25) is 0 Å². The van der Waals surface area contributed by atoms with Crippen LogP contribution in [0.4, 0.5) is 5.69 Å². The first-order valence-electron chi connectivity index (χ1n) is 6.41. The summed E-state index contributed by atoms with van der Waals surface area (Å²) in [6.07, 6.45) is 1.77. The first-order chi connectivity index (χ1) is 9.82. The fourth-order valence-electron chi connectivity index (χ4n) is 1.82. The number of benzene rings is 1. The Morgan fingerprint density at radius 1 is 1.10 bits per heavy atom. The van der Waals surface area contributed by atoms with Gasteiger partial charge >= 0.3 is 11.9 Å². The molecule has 1 heterocycles. The van der Waals surface area contributed by atoms with Crippen molar-refractivity contribution in [3.8, 4) is 0 Å². The molecule has 1 saturated heterocycles. The van der Waals surface area contributed by atoms with Crippen molar-refractivity contribution in [3.05, 3.63) is 40.4 Å². The predicted molar refractivity (Wildman–Crippen MR) is 81.6 cm³/mol. The largest absolute Gasteiger partial charge is 0.419 e. The number of carbonyl (C=O) groups is 2. The fraction of sp³-hybridized carbons (Fsp3) is 0.333. The number of aryl methyl sites for hydroxylation is 1. The maximum atomic E-state index is 12.0. The lowest BCUT2D eigenvalue weighted by molar-refractivity contribution is -0.222. The molecule has 1 N–H and O–H groups in total. The molecule has 0 radical (unpaired) electrons. The van der Waals surface area contributed by atoms with Gasteiger partial charge in [0.2, 0.25) is 0 Å². The maximum Gasteiger partial charge on any atom is 0.351 e. The smallest absolute Gasteiger partial charge is 0.351 e. The zero-order valence-electron chi connectivity index (χ0n) is 12.4. The second-order valence-electron chi connectivity index (χ2n) is 5.08. The van der Waals surface area contributed by atoms with Crippen LogP contribution in [0.15, 0.2) is 34.9 Å². The lowest BCUT2D eigenvalue weighted by atomic mass is 10.2. The number of anilines is 1. The van der Waals surface area contributed by atoms with Gasteiger partial charge in [-0.05, 0) is 25.3 Å². The van der Waals surface area contributed by atoms with E-state index in [1.165, 1.54) is 25.6 Å². The Morgan fingerprint density at radius 3 is 2.10 bits per heavy atom. The molecule has 0 bridgehead atoms. The third-order valence-corrected chi connectivity index (χ3v) is 3.54. The number of thioether (sulfide) groups is 1. The summed E-state index contributed by atoms with van der Waals surface area (Å²) in [5.74, 6) is -2.59. The number of hydrogen-bond donors (Lipinski definition) is 1. The normalized spacial score (nSPS) is 17.0. The summed E-state index contributed by atoms with van der Waals surface area (Å²) in [6, 6.07) is 7.61. The zero-order chi connectivity index (χ0) is 15.6. The highest BCUT2D eigenvalue weighted by Crippen LogP contribution is 2.29. The molecule has 0 aromatic heterocycles. The molecular weight excluding hydrogens is 290 g/mol. The minimum Gasteiger partial charge on any atom is -0.419 e. The topological polar surface area (TPSA) is 64.6 Å². The second-order valence-corrected chi connectivity index (χ2v) is 5.89. The molecule has 0 spiro atoms. The van der Waals surface area contributed by atoms with Gasteiger partial charge in [0.25, 0.3) is 5.79 Å². The first kappa shape index (κ1) is 15.4. The van der Waals surface area contributed by atoms with Gasteiger partial charge in [-0.2, -0.15) is 0 Å². The van der Waals surface area contributed by atoms with Crippen LogP contribution in [0.2, 0.25) is 0 Å². The molecule has 112 valence electrons. The number of ether oxygens (including phenoxy) is 2. The van der Waals surface area contributed by atoms with E-state index in [9.17, 15) is 9.59 Å². The van der Waals surface area contributed by atoms with Crippen LogP contribution >= 0.6 is 11.8 Å². The highest BCUT2D eigenvalue weighted by atomic mass is 32.2. The Balaban J connectivity index is 2.32. The van der Waals surface area contributed by atoms with Crippen LogP contribution in [0.1, 0.15) is 19.4 Å². The average molecular weight is 307 g/mol. The van der Waals surface area contributed by atoms with Crippen molar-refractivity contribution in [2.45, 2.75) is 26.6 Å². The summed E-state index contributed by atoms with van der Waals surface area (Å²) in [6.45, 7) is 5.02. The number of esters is 2. The lowest BCUT2D eigenvalue weighted by Gasteiger charge is -2.30. The van der Waals surface area contributed by atoms with Crippen molar-refractivity contribution in [3.63, 3.8) is 0 Å². The molecule has 0 unspecified atom stereocenters. The van der Waals surface area contributed by atoms with Crippen molar-refractivity contribution in [1.29, 1.82) is 0 Å². The maximum absolute atomic E-state index is 12.0. The number of rotatable bonds is 3. The second kappa shape index (κ2) is 5.81. The summed E-state index contributed by atoms with van der Waals surface area (Å²) in [4.78, 5) is 24.1. The van der Waals surface area contributed by atoms with Gasteiger partial charge < -0.3 is 14.8 Å². The molecular formula is C15H17NO4S. The molecule has 1 aromatic carbocycles. The SMILES string of the molecule is CSC(Nc1ccc(C)cc1)=C1C(=O)OC(C)(C)OC1=O. The average Bonchev–Trinajstić information content (AvgIpc) is 2.37. The van der Waals surface area contributed by atoms with Gasteiger partial charge in [0, 0.05) is 19.5 Å². The van der Waals surface area contributed by atoms with Crippen molar-refractivity contribution in [1.82, 2.24) is 0 Å². The van der Waals surface area contributed by atoms with Gasteiger partial charge in [-0.15, -0.1) is 11.8 Å². The van der Waals surface area contributed by atoms with Crippen LogP contribution in [0.5, 0.6) is 0 Å². The summed E-state index contributed by atoms with van der Waals surface area (Å²) >= 11 is 1.25. The first-order valence-corrected chi connectivity index (χ1v) is 7.63. The summed E-state index contributed by atoms with van der Waals surface area (Å²) in [5, 5.41) is 3.46. The number of carbonyl (C=O) groups excluding carboxylic acids is 2. The summed E-state index contributed by atoms with van der Waals surface area (Å²) < 4.78 is 10.2. The molecule has 1 aliphatic rings. The van der Waals surface area contributed by atoms with Crippen molar-refractivity contribution in [2.75, 3.05) is 11.6 Å². The Kier molecular flexibility index (Phi) is 4.27. The summed E-state index contributed by atoms with van der Waals surface area (Å²) in [7, 11) is 0. The van der Waals surface area contributed by atoms with E-state index < -0.39 is 17.7 Å². The van der Waals surface area contributed by atoms with E-state index in [1.807, 2.05) is 31.2 Å². The fourth-order valence-corrected chi connectivity index (χ4v) is 2.41. The number of nitrogens with one attached hydrogen (secondary N) is 1. The molecule has 5 nitrogen and oxygen atoms in total. The Labute approximate surface area is 127 Å². The molecule has 21 heavy (non-hydrogen) atoms. The predicted octanol–water partition coefficient (Wildman–Crippen LogP) is 2.82. The Bertz CT molecular complexity index is 583. The van der Waals surface area contributed by atoms with Crippen LogP contribution in [0.25, 0.3) is 0 Å². The molecule has 2 rings (SSSR count). The minimum absolute atomic E-state index is 0.109. The molecule has 0 amide bonds. The number of hydrogen-bond acceptors (Lipinski definition) is 6. The van der Waals surface area contributed by atoms with E-state index in [2.05, 4.69) is 5.32 Å². The standard InChI is InChI=1S/C15H17NO4S/c1-9-5-7-10(8-6-9)16-12(21-4)11-13(17)19-15(2,3)20-14(11)18/h5-8,16H,1-4H3. The highest BCUT2D eigenvalue weighted by molar-refractivity contribution is 8.02. The van der Waals surface area contributed by atoms with Gasteiger partial charge in [0.05, 0.1) is 5.03 Å². The molecule has 0 atom stereocenters. The highest BCUT2D eigenvalue weighted by Gasteiger charge is 2.41. The van der Waals surface area contributed by atoms with E-state index in [0.717, 1.165) is 11.3 Å². The molecule has 1 fully saturated rings. The van der Waals surface area contributed by atoms with Gasteiger partial charge in [-0.25, -0.2) is 9.59 Å². The number of cyclic esters (lactones) is 2. The molecule has 0 saturated carbocycles.